The van der Waals surface area contributed by atoms with E-state index in [0.29, 0.717) is 50.2 Å². The first kappa shape index (κ1) is 80.8. The lowest BCUT2D eigenvalue weighted by atomic mass is 9.80. The van der Waals surface area contributed by atoms with Gasteiger partial charge >= 0.3 is 23.9 Å². The molecule has 30 heteroatoms. The van der Waals surface area contributed by atoms with Gasteiger partial charge in [-0.15, -0.1) is 0 Å². The summed E-state index contributed by atoms with van der Waals surface area (Å²) in [5.41, 5.74) is 7.26. The van der Waals surface area contributed by atoms with Gasteiger partial charge in [0.05, 0.1) is 55.2 Å². The van der Waals surface area contributed by atoms with Crippen molar-refractivity contribution in [1.29, 1.82) is 0 Å². The van der Waals surface area contributed by atoms with Crippen LogP contribution in [0.15, 0.2) is 109 Å². The van der Waals surface area contributed by atoms with Crippen LogP contribution in [-0.2, 0) is 47.8 Å². The molecule has 2 aliphatic carbocycles. The van der Waals surface area contributed by atoms with Gasteiger partial charge in [-0.3, -0.25) is 78.6 Å². The number of hydrogen-bond donors (Lipinski definition) is 8. The van der Waals surface area contributed by atoms with Crippen LogP contribution in [0.2, 0.25) is 0 Å². The standard InChI is InChI=1S/C31H41N5O6.C31H39N5O5.C16H12N2O7/c1-18(23-13-12-21-11-10-20(17-25(21)34-23)14-15-31(3,4)30(41)42)32-27(38)24-9-6-16-36(35-24)29(40)19(2)33-28(39)26(37)22-7-5-8-22;1-18-23-13-12-21-11-10-20(17-25(21)34-23)14-15-31(3,4)30(40)41-26(22-7-5-8-22)28(38)33-19(2)29(39)36-16-6-9-24(35-36)27(37)32-18;1-9-5-3-7-11(17(21)22)13(9)15(19)25-16(20)14-10(2)6-4-8-12(14)18(23)24/h10-15,17-19,22,24,26,35,37H,5-9,16H2,1-4H3,(H,32,38)(H,33,39)(H,41,42);10-15,17-19,22,24,26,35H,5-9,16H2,1-4H3,(H,32,37)(H,33,38);3-8H,1-2H3/b2*15-14+;/t2*18-,19+,24+,26+;/m11./s1. The number of aliphatic hydroxyl groups is 1. The second-order valence-electron chi connectivity index (χ2n) is 29.1. The van der Waals surface area contributed by atoms with E-state index >= 15 is 0 Å². The number of esters is 3. The number of aryl methyl sites for hydroxylation is 2. The number of nitrogens with zero attached hydrogens (tertiary/aromatic N) is 6. The van der Waals surface area contributed by atoms with Crippen LogP contribution >= 0.6 is 0 Å². The third-order valence-electron chi connectivity index (χ3n) is 20.0. The average Bonchev–Trinajstić information content (AvgIpc) is 0.928. The molecule has 3 aliphatic heterocycles. The summed E-state index contributed by atoms with van der Waals surface area (Å²) in [7, 11) is 0. The number of aliphatic hydroxyl groups excluding tert-OH is 1. The molecule has 5 aliphatic rings. The predicted molar refractivity (Wildman–Crippen MR) is 397 cm³/mol. The average molecular weight is 1490 g/mol. The number of nitro groups is 2. The number of ether oxygens (including phenoxy) is 2. The van der Waals surface area contributed by atoms with Crippen molar-refractivity contribution in [3.05, 3.63) is 174 Å². The molecule has 11 rings (SSSR count). The molecule has 8 atom stereocenters. The number of carbonyl (C=O) groups excluding carboxylic acids is 9. The Labute approximate surface area is 623 Å². The molecule has 5 bridgehead atoms. The van der Waals surface area contributed by atoms with Crippen molar-refractivity contribution >= 4 is 105 Å². The second kappa shape index (κ2) is 35.0. The van der Waals surface area contributed by atoms with E-state index in [0.717, 1.165) is 83.6 Å². The third-order valence-corrected chi connectivity index (χ3v) is 20.0. The third kappa shape index (κ3) is 19.9. The summed E-state index contributed by atoms with van der Waals surface area (Å²) in [4.78, 5) is 158. The number of fused-ring (bicyclic) bond motifs is 5. The summed E-state index contributed by atoms with van der Waals surface area (Å²) in [6, 6.07) is 23.3. The van der Waals surface area contributed by atoms with Gasteiger partial charge < -0.3 is 41.0 Å². The summed E-state index contributed by atoms with van der Waals surface area (Å²) in [5.74, 6) is -6.31. The molecule has 2 saturated carbocycles. The predicted octanol–water partition coefficient (Wildman–Crippen LogP) is 8.99. The summed E-state index contributed by atoms with van der Waals surface area (Å²) in [6.45, 7) is 17.4. The maximum Gasteiger partial charge on any atom is 0.353 e. The minimum atomic E-state index is -1.24. The number of aromatic nitrogens is 2. The molecule has 6 aromatic rings. The fourth-order valence-corrected chi connectivity index (χ4v) is 12.6. The van der Waals surface area contributed by atoms with Gasteiger partial charge in [0.1, 0.15) is 41.4 Å². The highest BCUT2D eigenvalue weighted by atomic mass is 16.6. The van der Waals surface area contributed by atoms with Crippen LogP contribution in [0.4, 0.5) is 11.4 Å². The van der Waals surface area contributed by atoms with Crippen LogP contribution in [0.25, 0.3) is 34.0 Å². The van der Waals surface area contributed by atoms with Gasteiger partial charge in [-0.25, -0.2) is 20.4 Å². The number of aliphatic carboxylic acids is 1. The fourth-order valence-electron chi connectivity index (χ4n) is 12.6. The molecule has 0 spiro atoms. The van der Waals surface area contributed by atoms with Gasteiger partial charge in [0, 0.05) is 41.9 Å². The first-order chi connectivity index (χ1) is 51.1. The Morgan fingerprint density at radius 1 is 0.722 bits per heavy atom. The smallest absolute Gasteiger partial charge is 0.353 e. The van der Waals surface area contributed by atoms with Crippen LogP contribution in [0, 0.1) is 56.7 Å². The number of hydrazine groups is 2. The molecule has 6 amide bonds. The number of carbonyl (C=O) groups is 10. The molecule has 572 valence electrons. The minimum absolute atomic E-state index is 0.0531. The van der Waals surface area contributed by atoms with E-state index in [1.165, 1.54) is 48.1 Å². The number of rotatable bonds is 15. The van der Waals surface area contributed by atoms with Gasteiger partial charge in [-0.1, -0.05) is 97.8 Å². The molecule has 4 fully saturated rings. The first-order valence-corrected chi connectivity index (χ1v) is 36.0. The largest absolute Gasteiger partial charge is 0.481 e. The van der Waals surface area contributed by atoms with Gasteiger partial charge in [-0.2, -0.15) is 0 Å². The van der Waals surface area contributed by atoms with Crippen LogP contribution in [0.1, 0.15) is 186 Å². The van der Waals surface area contributed by atoms with Crippen molar-refractivity contribution < 1.29 is 77.5 Å². The lowest BCUT2D eigenvalue weighted by Gasteiger charge is -2.36. The summed E-state index contributed by atoms with van der Waals surface area (Å²) in [5, 5.41) is 57.7. The topological polar surface area (TPSA) is 420 Å². The number of cyclic esters (lactones) is 1. The monoisotopic (exact) mass is 1480 g/mol. The minimum Gasteiger partial charge on any atom is -0.481 e. The summed E-state index contributed by atoms with van der Waals surface area (Å²) >= 11 is 0. The van der Waals surface area contributed by atoms with E-state index in [1.807, 2.05) is 80.6 Å². The quantitative estimate of drug-likeness (QED) is 0.0206. The zero-order chi connectivity index (χ0) is 78.6. The SMILES string of the molecule is C[C@@H]1NC(=O)[C@H](C2CCC2)OC(=O)C(C)(C)/C=C/c2ccc3ccc(nc3c2)[C@@H](C)NC(=O)[C@@H]2CCCN(N2)C1=O.C[C@H](NC(=O)[C@@H](O)C1CCC1)C(=O)N1CCC[C@@H](C(=O)N[C@H](C)c2ccc3ccc(/C=C/C(C)(C)C(=O)O)cc3n2)N1.Cc1cccc([N+](=O)[O-])c1C(=O)OC(=O)c1c(C)cccc1[N+](=O)[O-]. The van der Waals surface area contributed by atoms with Crippen LogP contribution < -0.4 is 32.1 Å². The number of nitrogens with one attached hydrogen (secondary N) is 6. The first-order valence-electron chi connectivity index (χ1n) is 36.0. The van der Waals surface area contributed by atoms with Crippen molar-refractivity contribution in [2.45, 2.75) is 182 Å². The number of benzene rings is 4. The van der Waals surface area contributed by atoms with Crippen molar-refractivity contribution in [3.8, 4) is 0 Å². The zero-order valence-corrected chi connectivity index (χ0v) is 61.9. The summed E-state index contributed by atoms with van der Waals surface area (Å²) in [6.07, 6.45) is 12.4. The van der Waals surface area contributed by atoms with E-state index in [9.17, 15) is 78.4 Å². The van der Waals surface area contributed by atoms with Crippen LogP contribution in [0.3, 0.4) is 0 Å². The lowest BCUT2D eigenvalue weighted by Crippen LogP contribution is -2.61. The van der Waals surface area contributed by atoms with Crippen LogP contribution in [-0.4, -0.2) is 149 Å². The van der Waals surface area contributed by atoms with E-state index < -0.39 is 110 Å². The molecule has 0 unspecified atom stereocenters. The molecule has 4 aromatic carbocycles. The highest BCUT2D eigenvalue weighted by Crippen LogP contribution is 2.35. The molecule has 2 saturated heterocycles. The molecular weight excluding hydrogens is 1390 g/mol. The lowest BCUT2D eigenvalue weighted by molar-refractivity contribution is -0.385. The van der Waals surface area contributed by atoms with Crippen molar-refractivity contribution in [3.63, 3.8) is 0 Å². The van der Waals surface area contributed by atoms with E-state index in [4.69, 9.17) is 14.7 Å². The maximum atomic E-state index is 13.3. The number of amides is 6. The normalized spacial score (nSPS) is 21.1. The zero-order valence-electron chi connectivity index (χ0n) is 61.9. The Balaban J connectivity index is 0.000000193. The molecule has 5 heterocycles. The fraction of sp³-hybridized carbons (Fsp3) is 0.436. The highest BCUT2D eigenvalue weighted by Gasteiger charge is 2.42. The number of carboxylic acids is 1. The molecular formula is C78H92N12O18. The Hall–Kier alpha value is -11.2. The van der Waals surface area contributed by atoms with Crippen molar-refractivity contribution in [2.75, 3.05) is 13.1 Å². The molecule has 2 aromatic heterocycles. The number of nitro benzene ring substituents is 2. The Kier molecular flexibility index (Phi) is 26.2. The summed E-state index contributed by atoms with van der Waals surface area (Å²) < 4.78 is 10.5. The maximum absolute atomic E-state index is 13.3. The van der Waals surface area contributed by atoms with Crippen molar-refractivity contribution in [2.24, 2.45) is 22.7 Å². The van der Waals surface area contributed by atoms with Gasteiger partial charge in [0.15, 0.2) is 6.10 Å². The van der Waals surface area contributed by atoms with E-state index in [2.05, 4.69) is 36.9 Å². The molecule has 30 nitrogen and oxygen atoms in total. The number of pyridine rings is 2. The Morgan fingerprint density at radius 2 is 1.31 bits per heavy atom. The molecule has 8 N–H and O–H groups in total. The number of hydrogen-bond acceptors (Lipinski definition) is 21. The molecule has 0 radical (unpaired) electrons. The Bertz CT molecular complexity index is 4480. The second-order valence-corrected chi connectivity index (χ2v) is 29.1. The molecule has 108 heavy (non-hydrogen) atoms. The van der Waals surface area contributed by atoms with Gasteiger partial charge in [0.2, 0.25) is 17.7 Å². The van der Waals surface area contributed by atoms with Gasteiger partial charge in [-0.05, 0) is 173 Å². The van der Waals surface area contributed by atoms with Crippen molar-refractivity contribution in [1.82, 2.24) is 52.1 Å². The van der Waals surface area contributed by atoms with Crippen LogP contribution in [0.5, 0.6) is 0 Å². The highest BCUT2D eigenvalue weighted by molar-refractivity contribution is 6.07. The number of carboxylic acid groups (broad SMARTS) is 1. The Morgan fingerprint density at radius 3 is 1.92 bits per heavy atom. The van der Waals surface area contributed by atoms with E-state index in [-0.39, 0.29) is 63.8 Å². The van der Waals surface area contributed by atoms with E-state index in [1.54, 1.807) is 59.8 Å². The van der Waals surface area contributed by atoms with Gasteiger partial charge in [0.25, 0.3) is 29.1 Å².